The maximum atomic E-state index is 12.8. The summed E-state index contributed by atoms with van der Waals surface area (Å²) in [5.41, 5.74) is 1.51. The molecule has 0 saturated heterocycles. The number of fused-ring (bicyclic) bond motifs is 1. The molecule has 1 aliphatic carbocycles. The van der Waals surface area contributed by atoms with Gasteiger partial charge in [-0.1, -0.05) is 19.3 Å². The first-order chi connectivity index (χ1) is 9.70. The van der Waals surface area contributed by atoms with E-state index >= 15 is 0 Å². The number of rotatable bonds is 3. The molecular formula is C17H20O3. The van der Waals surface area contributed by atoms with Crippen LogP contribution in [0, 0.1) is 12.8 Å². The fourth-order valence-electron chi connectivity index (χ4n) is 3.20. The number of hydrogen-bond donors (Lipinski definition) is 0. The maximum absolute atomic E-state index is 12.8. The van der Waals surface area contributed by atoms with Crippen LogP contribution in [0.2, 0.25) is 0 Å². The summed E-state index contributed by atoms with van der Waals surface area (Å²) in [5, 5.41) is 0.916. The highest BCUT2D eigenvalue weighted by atomic mass is 16.5. The molecule has 1 aromatic carbocycles. The number of carbonyl (C=O) groups is 1. The second-order valence-corrected chi connectivity index (χ2v) is 5.59. The first-order valence-electron chi connectivity index (χ1n) is 7.32. The van der Waals surface area contributed by atoms with Crippen LogP contribution in [0.25, 0.3) is 11.0 Å². The molecule has 0 radical (unpaired) electrons. The topological polar surface area (TPSA) is 39.4 Å². The van der Waals surface area contributed by atoms with Crippen molar-refractivity contribution in [1.29, 1.82) is 0 Å². The Morgan fingerprint density at radius 3 is 2.70 bits per heavy atom. The highest BCUT2D eigenvalue weighted by molar-refractivity contribution is 6.09. The fraction of sp³-hybridized carbons (Fsp3) is 0.471. The Kier molecular flexibility index (Phi) is 3.51. The molecule has 1 aliphatic rings. The van der Waals surface area contributed by atoms with E-state index in [1.165, 1.54) is 19.3 Å². The van der Waals surface area contributed by atoms with Gasteiger partial charge in [-0.25, -0.2) is 0 Å². The van der Waals surface area contributed by atoms with Gasteiger partial charge in [0.15, 0.2) is 5.78 Å². The van der Waals surface area contributed by atoms with Gasteiger partial charge in [-0.2, -0.15) is 0 Å². The Hall–Kier alpha value is -1.77. The Morgan fingerprint density at radius 2 is 2.00 bits per heavy atom. The van der Waals surface area contributed by atoms with Gasteiger partial charge in [-0.3, -0.25) is 4.79 Å². The number of hydrogen-bond acceptors (Lipinski definition) is 3. The summed E-state index contributed by atoms with van der Waals surface area (Å²) in [6.07, 6.45) is 5.62. The largest absolute Gasteiger partial charge is 0.497 e. The lowest BCUT2D eigenvalue weighted by Crippen LogP contribution is -2.18. The first kappa shape index (κ1) is 13.2. The lowest BCUT2D eigenvalue weighted by molar-refractivity contribution is 0.0889. The molecule has 3 nitrogen and oxygen atoms in total. The van der Waals surface area contributed by atoms with E-state index in [0.717, 1.165) is 40.9 Å². The summed E-state index contributed by atoms with van der Waals surface area (Å²) in [5.74, 6) is 1.91. The molecule has 0 N–H and O–H groups in total. The van der Waals surface area contributed by atoms with E-state index < -0.39 is 0 Å². The van der Waals surface area contributed by atoms with Crippen molar-refractivity contribution >= 4 is 16.8 Å². The number of carbonyl (C=O) groups excluding carboxylic acids is 1. The number of ether oxygens (including phenoxy) is 1. The van der Waals surface area contributed by atoms with Gasteiger partial charge in [0.05, 0.1) is 12.7 Å². The van der Waals surface area contributed by atoms with Gasteiger partial charge in [-0.15, -0.1) is 0 Å². The van der Waals surface area contributed by atoms with Crippen LogP contribution in [-0.4, -0.2) is 12.9 Å². The molecule has 106 valence electrons. The third-order valence-corrected chi connectivity index (χ3v) is 4.30. The molecule has 20 heavy (non-hydrogen) atoms. The smallest absolute Gasteiger partial charge is 0.170 e. The SMILES string of the molecule is COc1ccc2c(C(=O)C3CCCCC3)c(C)oc2c1. The van der Waals surface area contributed by atoms with Gasteiger partial charge < -0.3 is 9.15 Å². The molecule has 0 amide bonds. The molecule has 3 rings (SSSR count). The summed E-state index contributed by atoms with van der Waals surface area (Å²) in [7, 11) is 1.63. The maximum Gasteiger partial charge on any atom is 0.170 e. The predicted molar refractivity (Wildman–Crippen MR) is 78.4 cm³/mol. The lowest BCUT2D eigenvalue weighted by atomic mass is 9.83. The van der Waals surface area contributed by atoms with Gasteiger partial charge in [0.2, 0.25) is 0 Å². The molecule has 1 fully saturated rings. The minimum absolute atomic E-state index is 0.172. The van der Waals surface area contributed by atoms with Crippen LogP contribution in [0.15, 0.2) is 22.6 Å². The molecule has 0 bridgehead atoms. The fourth-order valence-corrected chi connectivity index (χ4v) is 3.20. The van der Waals surface area contributed by atoms with Crippen molar-refractivity contribution in [3.05, 3.63) is 29.5 Å². The lowest BCUT2D eigenvalue weighted by Gasteiger charge is -2.20. The Labute approximate surface area is 118 Å². The zero-order chi connectivity index (χ0) is 14.1. The van der Waals surface area contributed by atoms with E-state index in [9.17, 15) is 4.79 Å². The number of methoxy groups -OCH3 is 1. The second kappa shape index (κ2) is 5.31. The minimum Gasteiger partial charge on any atom is -0.497 e. The van der Waals surface area contributed by atoms with Crippen LogP contribution in [-0.2, 0) is 0 Å². The Balaban J connectivity index is 2.01. The molecule has 0 aliphatic heterocycles. The molecule has 2 aromatic rings. The van der Waals surface area contributed by atoms with Crippen LogP contribution in [0.3, 0.4) is 0 Å². The summed E-state index contributed by atoms with van der Waals surface area (Å²) < 4.78 is 11.0. The van der Waals surface area contributed by atoms with Crippen molar-refractivity contribution < 1.29 is 13.9 Å². The first-order valence-corrected chi connectivity index (χ1v) is 7.32. The quantitative estimate of drug-likeness (QED) is 0.771. The molecule has 0 spiro atoms. The van der Waals surface area contributed by atoms with Crippen molar-refractivity contribution in [2.75, 3.05) is 7.11 Å². The molecule has 3 heteroatoms. The van der Waals surface area contributed by atoms with Crippen LogP contribution < -0.4 is 4.74 Å². The molecule has 1 saturated carbocycles. The average Bonchev–Trinajstić information content (AvgIpc) is 2.82. The number of ketones is 1. The van der Waals surface area contributed by atoms with Crippen LogP contribution in [0.5, 0.6) is 5.75 Å². The average molecular weight is 272 g/mol. The van der Waals surface area contributed by atoms with Gasteiger partial charge >= 0.3 is 0 Å². The molecular weight excluding hydrogens is 252 g/mol. The van der Waals surface area contributed by atoms with Crippen molar-refractivity contribution in [3.63, 3.8) is 0 Å². The van der Waals surface area contributed by atoms with Gasteiger partial charge in [0.1, 0.15) is 17.1 Å². The third-order valence-electron chi connectivity index (χ3n) is 4.30. The predicted octanol–water partition coefficient (Wildman–Crippen LogP) is 4.51. The van der Waals surface area contributed by atoms with E-state index in [4.69, 9.17) is 9.15 Å². The van der Waals surface area contributed by atoms with E-state index in [-0.39, 0.29) is 11.7 Å². The van der Waals surface area contributed by atoms with Crippen LogP contribution in [0.4, 0.5) is 0 Å². The van der Waals surface area contributed by atoms with Crippen LogP contribution >= 0.6 is 0 Å². The van der Waals surface area contributed by atoms with E-state index in [0.29, 0.717) is 0 Å². The highest BCUT2D eigenvalue weighted by Gasteiger charge is 2.27. The molecule has 0 unspecified atom stereocenters. The number of Topliss-reactive ketones (excluding diaryl/α,β-unsaturated/α-hetero) is 1. The van der Waals surface area contributed by atoms with E-state index in [1.54, 1.807) is 7.11 Å². The standard InChI is InChI=1S/C17H20O3/c1-11-16(17(18)12-6-4-3-5-7-12)14-9-8-13(19-2)10-15(14)20-11/h8-10,12H,3-7H2,1-2H3. The normalized spacial score (nSPS) is 16.5. The highest BCUT2D eigenvalue weighted by Crippen LogP contribution is 2.34. The van der Waals surface area contributed by atoms with Gasteiger partial charge in [-0.05, 0) is 31.9 Å². The van der Waals surface area contributed by atoms with Crippen LogP contribution in [0.1, 0.15) is 48.2 Å². The van der Waals surface area contributed by atoms with Crippen molar-refractivity contribution in [3.8, 4) is 5.75 Å². The zero-order valence-corrected chi connectivity index (χ0v) is 12.1. The summed E-state index contributed by atoms with van der Waals surface area (Å²) >= 11 is 0. The summed E-state index contributed by atoms with van der Waals surface area (Å²) in [6.45, 7) is 1.88. The Bertz CT molecular complexity index is 633. The molecule has 1 aromatic heterocycles. The van der Waals surface area contributed by atoms with E-state index in [1.807, 2.05) is 25.1 Å². The van der Waals surface area contributed by atoms with Crippen molar-refractivity contribution in [2.45, 2.75) is 39.0 Å². The molecule has 1 heterocycles. The second-order valence-electron chi connectivity index (χ2n) is 5.59. The Morgan fingerprint density at radius 1 is 1.25 bits per heavy atom. The molecule has 0 atom stereocenters. The number of furan rings is 1. The monoisotopic (exact) mass is 272 g/mol. The number of aryl methyl sites for hydroxylation is 1. The summed E-state index contributed by atoms with van der Waals surface area (Å²) in [6, 6.07) is 5.66. The van der Waals surface area contributed by atoms with Crippen molar-refractivity contribution in [2.24, 2.45) is 5.92 Å². The van der Waals surface area contributed by atoms with Gasteiger partial charge in [0.25, 0.3) is 0 Å². The minimum atomic E-state index is 0.172. The number of benzene rings is 1. The third kappa shape index (κ3) is 2.21. The van der Waals surface area contributed by atoms with Gasteiger partial charge in [0, 0.05) is 17.4 Å². The van der Waals surface area contributed by atoms with E-state index in [2.05, 4.69) is 0 Å². The van der Waals surface area contributed by atoms with Crippen molar-refractivity contribution in [1.82, 2.24) is 0 Å². The summed E-state index contributed by atoms with van der Waals surface area (Å²) in [4.78, 5) is 12.8. The zero-order valence-electron chi connectivity index (χ0n) is 12.1.